The van der Waals surface area contributed by atoms with Crippen molar-refractivity contribution in [2.45, 2.75) is 71.1 Å². The number of hydrogen-bond acceptors (Lipinski definition) is 8. The molecule has 49 heavy (non-hydrogen) atoms. The number of benzene rings is 2. The number of carbonyl (C=O) groups excluding carboxylic acids is 5. The highest BCUT2D eigenvalue weighted by Gasteiger charge is 2.31. The van der Waals surface area contributed by atoms with Crippen LogP contribution in [0.4, 0.5) is 0 Å². The highest BCUT2D eigenvalue weighted by Crippen LogP contribution is 2.15. The second-order valence-electron chi connectivity index (χ2n) is 12.3. The third kappa shape index (κ3) is 12.5. The summed E-state index contributed by atoms with van der Waals surface area (Å²) in [4.78, 5) is 68.1. The summed E-state index contributed by atoms with van der Waals surface area (Å²) in [6.07, 6.45) is 2.65. The van der Waals surface area contributed by atoms with Crippen molar-refractivity contribution in [1.82, 2.24) is 30.9 Å². The third-order valence-electron chi connectivity index (χ3n) is 8.35. The molecule has 0 aromatic heterocycles. The van der Waals surface area contributed by atoms with Gasteiger partial charge in [0.25, 0.3) is 5.91 Å². The summed E-state index contributed by atoms with van der Waals surface area (Å²) >= 11 is 0. The van der Waals surface area contributed by atoms with Crippen LogP contribution < -0.4 is 30.7 Å². The van der Waals surface area contributed by atoms with E-state index in [1.165, 1.54) is 11.8 Å². The number of nitrogens with zero attached hydrogens (tertiary/aromatic N) is 1. The average Bonchev–Trinajstić information content (AvgIpc) is 3.07. The molecule has 14 nitrogen and oxygen atoms in total. The largest absolute Gasteiger partial charge is 0.497 e. The normalized spacial score (nSPS) is 21.0. The average molecular weight is 701 g/mol. The van der Waals surface area contributed by atoms with Gasteiger partial charge < -0.3 is 30.9 Å². The van der Waals surface area contributed by atoms with Crippen molar-refractivity contribution in [2.24, 2.45) is 5.92 Å². The Morgan fingerprint density at radius 2 is 1.63 bits per heavy atom. The van der Waals surface area contributed by atoms with E-state index in [0.717, 1.165) is 11.8 Å². The maximum absolute atomic E-state index is 13.8. The minimum Gasteiger partial charge on any atom is -0.497 e. The molecule has 0 saturated heterocycles. The minimum absolute atomic E-state index is 0.119. The van der Waals surface area contributed by atoms with Gasteiger partial charge in [-0.15, -0.1) is 0 Å². The number of amides is 5. The number of hydrogen-bond donors (Lipinski definition) is 5. The van der Waals surface area contributed by atoms with Crippen LogP contribution in [0.15, 0.2) is 48.5 Å². The van der Waals surface area contributed by atoms with Crippen LogP contribution in [0.25, 0.3) is 0 Å². The summed E-state index contributed by atoms with van der Waals surface area (Å²) in [7, 11) is -2.05. The highest BCUT2D eigenvalue weighted by atomic mass is 32.2. The summed E-state index contributed by atoms with van der Waals surface area (Å²) < 4.78 is 30.6. The van der Waals surface area contributed by atoms with Gasteiger partial charge in [0.05, 0.1) is 19.9 Å². The maximum atomic E-state index is 13.8. The smallest absolute Gasteiger partial charge is 0.251 e. The molecular formula is C34H48N6O8S. The van der Waals surface area contributed by atoms with Gasteiger partial charge in [-0.3, -0.25) is 24.0 Å². The number of fused-ring (bicyclic) bond motifs is 18. The van der Waals surface area contributed by atoms with Gasteiger partial charge in [0.15, 0.2) is 0 Å². The molecule has 0 aliphatic carbocycles. The fourth-order valence-corrected chi connectivity index (χ4v) is 5.53. The first kappa shape index (κ1) is 38.9. The van der Waals surface area contributed by atoms with Gasteiger partial charge in [-0.2, -0.15) is 0 Å². The number of sulfonamides is 1. The van der Waals surface area contributed by atoms with E-state index in [4.69, 9.17) is 4.74 Å². The molecule has 4 atom stereocenters. The standard InChI is InChI=1S/C34H48N6O8S/c1-6-22(2)30-34(45)38-28(19-24-11-15-27(48-4)16-12-24)33(44)37-23(3)31(42)35-17-7-8-18-40(29(41)20-36-49(5,46)47)21-25-9-13-26(14-10-25)32(43)39-30/h9-16,22-23,28,30,36H,6-8,17-21H2,1-5H3,(H,35,42)(H,37,44)(H,38,45)(H,39,43)/t22-,23+,28-,30?/m0/s1. The molecule has 2 bridgehead atoms. The molecule has 1 unspecified atom stereocenters. The van der Waals surface area contributed by atoms with Crippen molar-refractivity contribution in [3.05, 3.63) is 65.2 Å². The Hall–Kier alpha value is -4.50. The summed E-state index contributed by atoms with van der Waals surface area (Å²) in [5, 5.41) is 11.1. The second-order valence-corrected chi connectivity index (χ2v) is 14.1. The predicted octanol–water partition coefficient (Wildman–Crippen LogP) is 0.860. The lowest BCUT2D eigenvalue weighted by molar-refractivity contribution is -0.132. The monoisotopic (exact) mass is 700 g/mol. The van der Waals surface area contributed by atoms with Crippen LogP contribution in [-0.2, 0) is 42.2 Å². The molecular weight excluding hydrogens is 652 g/mol. The molecule has 2 aromatic carbocycles. The van der Waals surface area contributed by atoms with Crippen molar-refractivity contribution < 1.29 is 37.1 Å². The molecule has 2 heterocycles. The van der Waals surface area contributed by atoms with Gasteiger partial charge >= 0.3 is 0 Å². The van der Waals surface area contributed by atoms with Crippen LogP contribution in [-0.4, -0.2) is 94.0 Å². The summed E-state index contributed by atoms with van der Waals surface area (Å²) in [5.74, 6) is -2.14. The van der Waals surface area contributed by atoms with Crippen molar-refractivity contribution >= 4 is 39.6 Å². The SMILES string of the molecule is CC[C@H](C)C1NC(=O)c2ccc(cc2)CN(C(=O)CNS(C)(=O)=O)CCCCNC(=O)[C@@H](C)NC(=O)[C@H](Cc2ccc(OC)cc2)NC1=O. The van der Waals surface area contributed by atoms with E-state index in [-0.39, 0.29) is 32.0 Å². The Morgan fingerprint density at radius 1 is 0.959 bits per heavy atom. The zero-order valence-electron chi connectivity index (χ0n) is 28.7. The molecule has 0 saturated carbocycles. The molecule has 5 N–H and O–H groups in total. The predicted molar refractivity (Wildman–Crippen MR) is 184 cm³/mol. The Balaban J connectivity index is 1.90. The summed E-state index contributed by atoms with van der Waals surface area (Å²) in [6, 6.07) is 10.6. The van der Waals surface area contributed by atoms with Crippen LogP contribution in [0.3, 0.4) is 0 Å². The summed E-state index contributed by atoms with van der Waals surface area (Å²) in [6.45, 7) is 5.56. The first-order valence-electron chi connectivity index (χ1n) is 16.3. The van der Waals surface area contributed by atoms with Gasteiger partial charge in [-0.1, -0.05) is 44.5 Å². The van der Waals surface area contributed by atoms with Gasteiger partial charge in [-0.25, -0.2) is 13.1 Å². The van der Waals surface area contributed by atoms with Crippen LogP contribution in [0.1, 0.15) is 61.5 Å². The number of methoxy groups -OCH3 is 1. The quantitative estimate of drug-likeness (QED) is 0.251. The molecule has 268 valence electrons. The lowest BCUT2D eigenvalue weighted by Gasteiger charge is -2.27. The van der Waals surface area contributed by atoms with Crippen LogP contribution >= 0.6 is 0 Å². The fraction of sp³-hybridized carbons (Fsp3) is 0.500. The Kier molecular flexibility index (Phi) is 14.6. The first-order valence-corrected chi connectivity index (χ1v) is 18.2. The Bertz CT molecular complexity index is 1570. The van der Waals surface area contributed by atoms with E-state index in [1.54, 1.807) is 55.6 Å². The van der Waals surface area contributed by atoms with Crippen LogP contribution in [0, 0.1) is 5.92 Å². The molecule has 2 aromatic rings. The van der Waals surface area contributed by atoms with E-state index in [1.807, 2.05) is 13.8 Å². The Labute approximate surface area is 288 Å². The zero-order valence-corrected chi connectivity index (χ0v) is 29.5. The molecule has 0 radical (unpaired) electrons. The molecule has 5 amide bonds. The van der Waals surface area contributed by atoms with E-state index in [2.05, 4.69) is 26.0 Å². The van der Waals surface area contributed by atoms with Crippen molar-refractivity contribution in [2.75, 3.05) is 33.0 Å². The summed E-state index contributed by atoms with van der Waals surface area (Å²) in [5.41, 5.74) is 1.74. The van der Waals surface area contributed by atoms with Gasteiger partial charge in [0.1, 0.15) is 23.9 Å². The van der Waals surface area contributed by atoms with Gasteiger partial charge in [-0.05, 0) is 61.1 Å². The van der Waals surface area contributed by atoms with E-state index in [9.17, 15) is 32.4 Å². The zero-order chi connectivity index (χ0) is 36.1. The molecule has 15 heteroatoms. The van der Waals surface area contributed by atoms with Crippen LogP contribution in [0.2, 0.25) is 0 Å². The minimum atomic E-state index is -3.59. The maximum Gasteiger partial charge on any atom is 0.251 e. The van der Waals surface area contributed by atoms with E-state index >= 15 is 0 Å². The van der Waals surface area contributed by atoms with Crippen molar-refractivity contribution in [3.63, 3.8) is 0 Å². The first-order chi connectivity index (χ1) is 23.2. The lowest BCUT2D eigenvalue weighted by atomic mass is 9.96. The van der Waals surface area contributed by atoms with Crippen molar-refractivity contribution in [3.8, 4) is 5.75 Å². The van der Waals surface area contributed by atoms with E-state index in [0.29, 0.717) is 36.1 Å². The lowest BCUT2D eigenvalue weighted by Crippen LogP contribution is -2.58. The van der Waals surface area contributed by atoms with E-state index < -0.39 is 64.2 Å². The number of carbonyl (C=O) groups is 5. The van der Waals surface area contributed by atoms with Gasteiger partial charge in [0.2, 0.25) is 33.7 Å². The molecule has 4 rings (SSSR count). The van der Waals surface area contributed by atoms with Crippen molar-refractivity contribution in [1.29, 1.82) is 0 Å². The number of nitrogens with one attached hydrogen (secondary N) is 5. The number of ether oxygens (including phenoxy) is 1. The Morgan fingerprint density at radius 3 is 2.24 bits per heavy atom. The van der Waals surface area contributed by atoms with Crippen LogP contribution in [0.5, 0.6) is 5.75 Å². The number of rotatable bonds is 8. The van der Waals surface area contributed by atoms with Gasteiger partial charge in [0, 0.05) is 31.6 Å². The highest BCUT2D eigenvalue weighted by molar-refractivity contribution is 7.88. The molecule has 0 spiro atoms. The second kappa shape index (κ2) is 18.3. The fourth-order valence-electron chi connectivity index (χ4n) is 5.14. The molecule has 2 aliphatic heterocycles. The molecule has 0 fully saturated rings. The topological polar surface area (TPSA) is 192 Å². The third-order valence-corrected chi connectivity index (χ3v) is 9.02. The molecule has 2 aliphatic rings.